The fraction of sp³-hybridized carbons (Fsp3) is 0.750. The van der Waals surface area contributed by atoms with Gasteiger partial charge in [0.2, 0.25) is 34.5 Å². The van der Waals surface area contributed by atoms with E-state index in [0.717, 1.165) is 73.0 Å². The molecule has 0 atom stereocenters. The van der Waals surface area contributed by atoms with E-state index < -0.39 is 70.3 Å². The van der Waals surface area contributed by atoms with Crippen LogP contribution >= 0.6 is 70.6 Å². The predicted octanol–water partition coefficient (Wildman–Crippen LogP) is 12.7. The Balaban J connectivity index is 4.24. The van der Waals surface area contributed by atoms with Gasteiger partial charge in [-0.3, -0.25) is 28.8 Å². The minimum absolute atomic E-state index is 0.0668. The summed E-state index contributed by atoms with van der Waals surface area (Å²) < 4.78 is 36.1. The van der Waals surface area contributed by atoms with Crippen molar-refractivity contribution in [1.82, 2.24) is 0 Å². The van der Waals surface area contributed by atoms with Crippen molar-refractivity contribution in [3.05, 3.63) is 0 Å². The molecule has 0 N–H and O–H groups in total. The molecule has 0 unspecified atom stereocenters. The average molecular weight is 1040 g/mol. The smallest absolute Gasteiger partial charge is 0.311 e. The van der Waals surface area contributed by atoms with Crippen molar-refractivity contribution in [1.29, 1.82) is 0 Å². The molecule has 1 aromatic carbocycles. The molecule has 12 nitrogen and oxygen atoms in total. The number of carbonyl (C=O) groups excluding carboxylic acids is 6. The molecule has 0 spiro atoms. The van der Waals surface area contributed by atoms with Crippen LogP contribution < -0.4 is 28.4 Å². The second-order valence-electron chi connectivity index (χ2n) is 15.1. The highest BCUT2D eigenvalue weighted by Gasteiger charge is 2.38. The standard InChI is InChI=1S/C48H78O12S6/c1-7-25-61-31-13-19-37(49)55-43-44(56-38(50)20-14-32-62-26-8-2)46(58-40(52)22-16-34-64-28-10-4)48(60-42(54)24-18-36-66-30-12-6)47(59-41(53)23-17-35-65-29-11-5)45(43)57-39(51)21-15-33-63-27-9-3/h7-36H2,1-6H3. The summed E-state index contributed by atoms with van der Waals surface area (Å²) in [6.45, 7) is 12.4. The van der Waals surface area contributed by atoms with E-state index >= 15 is 0 Å². The van der Waals surface area contributed by atoms with Crippen molar-refractivity contribution in [2.24, 2.45) is 0 Å². The molecule has 0 radical (unpaired) electrons. The fourth-order valence-electron chi connectivity index (χ4n) is 5.55. The molecule has 0 aliphatic rings. The van der Waals surface area contributed by atoms with Gasteiger partial charge in [0, 0.05) is 38.5 Å². The first-order chi connectivity index (χ1) is 32.1. The summed E-state index contributed by atoms with van der Waals surface area (Å²) in [5.74, 6) is 1.35. The Bertz CT molecular complexity index is 1240. The van der Waals surface area contributed by atoms with Crippen molar-refractivity contribution in [2.75, 3.05) is 69.0 Å². The number of thioether (sulfide) groups is 6. The molecule has 0 saturated heterocycles. The Morgan fingerprint density at radius 2 is 0.394 bits per heavy atom. The number of benzene rings is 1. The normalized spacial score (nSPS) is 11.0. The van der Waals surface area contributed by atoms with E-state index in [-0.39, 0.29) is 38.5 Å². The van der Waals surface area contributed by atoms with Gasteiger partial charge in [-0.15, -0.1) is 0 Å². The highest BCUT2D eigenvalue weighted by molar-refractivity contribution is 8.00. The van der Waals surface area contributed by atoms with Crippen molar-refractivity contribution in [3.63, 3.8) is 0 Å². The quantitative estimate of drug-likeness (QED) is 0.0345. The van der Waals surface area contributed by atoms with E-state index in [1.54, 1.807) is 70.6 Å². The Morgan fingerprint density at radius 1 is 0.258 bits per heavy atom. The lowest BCUT2D eigenvalue weighted by atomic mass is 10.2. The maximum atomic E-state index is 13.8. The lowest BCUT2D eigenvalue weighted by Crippen LogP contribution is -2.21. The van der Waals surface area contributed by atoms with Gasteiger partial charge < -0.3 is 28.4 Å². The molecule has 0 bridgehead atoms. The fourth-order valence-corrected chi connectivity index (χ4v) is 10.6. The van der Waals surface area contributed by atoms with Crippen molar-refractivity contribution in [3.8, 4) is 34.5 Å². The van der Waals surface area contributed by atoms with E-state index in [1.807, 2.05) is 0 Å². The molecule has 0 aliphatic heterocycles. The van der Waals surface area contributed by atoms with Crippen LogP contribution in [0.25, 0.3) is 0 Å². The van der Waals surface area contributed by atoms with Gasteiger partial charge in [0.05, 0.1) is 0 Å². The summed E-state index contributed by atoms with van der Waals surface area (Å²) in [5.41, 5.74) is 0. The Kier molecular flexibility index (Phi) is 39.6. The average Bonchev–Trinajstić information content (AvgIpc) is 3.29. The van der Waals surface area contributed by atoms with Gasteiger partial charge in [-0.2, -0.15) is 70.6 Å². The van der Waals surface area contributed by atoms with Gasteiger partial charge in [-0.25, -0.2) is 0 Å². The van der Waals surface area contributed by atoms with Gasteiger partial charge in [0.25, 0.3) is 0 Å². The maximum absolute atomic E-state index is 13.8. The summed E-state index contributed by atoms with van der Waals surface area (Å²) in [7, 11) is 0. The highest BCUT2D eigenvalue weighted by atomic mass is 32.2. The number of rotatable bonds is 42. The van der Waals surface area contributed by atoms with Crippen LogP contribution in [-0.4, -0.2) is 105 Å². The molecule has 0 amide bonds. The molecule has 0 fully saturated rings. The second-order valence-corrected chi connectivity index (χ2v) is 22.5. The molecule has 66 heavy (non-hydrogen) atoms. The Hall–Kier alpha value is -1.86. The molecule has 378 valence electrons. The highest BCUT2D eigenvalue weighted by Crippen LogP contribution is 2.59. The second kappa shape index (κ2) is 42.1. The van der Waals surface area contributed by atoms with Gasteiger partial charge in [0.1, 0.15) is 0 Å². The lowest BCUT2D eigenvalue weighted by molar-refractivity contribution is -0.140. The molecular weight excluding hydrogens is 961 g/mol. The van der Waals surface area contributed by atoms with Crippen LogP contribution in [-0.2, 0) is 28.8 Å². The third-order valence-electron chi connectivity index (χ3n) is 8.64. The number of carbonyl (C=O) groups is 6. The van der Waals surface area contributed by atoms with Gasteiger partial charge >= 0.3 is 35.8 Å². The van der Waals surface area contributed by atoms with Gasteiger partial charge in [-0.05, 0) is 146 Å². The predicted molar refractivity (Wildman–Crippen MR) is 281 cm³/mol. The summed E-state index contributed by atoms with van der Waals surface area (Å²) in [5, 5.41) is 0. The van der Waals surface area contributed by atoms with Gasteiger partial charge in [0.15, 0.2) is 0 Å². The Labute approximate surface area is 421 Å². The molecule has 0 aliphatic carbocycles. The van der Waals surface area contributed by atoms with Crippen molar-refractivity contribution < 1.29 is 57.2 Å². The first-order valence-electron chi connectivity index (χ1n) is 24.0. The Morgan fingerprint density at radius 3 is 0.515 bits per heavy atom. The monoisotopic (exact) mass is 1040 g/mol. The number of esters is 6. The molecule has 0 saturated carbocycles. The summed E-state index contributed by atoms with van der Waals surface area (Å²) in [6, 6.07) is 0. The first kappa shape index (κ1) is 62.2. The van der Waals surface area contributed by atoms with Crippen molar-refractivity contribution >= 4 is 106 Å². The van der Waals surface area contributed by atoms with Crippen LogP contribution in [0.2, 0.25) is 0 Å². The van der Waals surface area contributed by atoms with Crippen molar-refractivity contribution in [2.45, 2.75) is 157 Å². The molecule has 18 heteroatoms. The SMILES string of the molecule is CCCSCCCC(=O)Oc1c(OC(=O)CCCSCCC)c(OC(=O)CCCSCCC)c(OC(=O)CCCSCCC)c(OC(=O)CCCSCCC)c1OC(=O)CCCSCCC. The number of hydrogen-bond donors (Lipinski definition) is 0. The number of ether oxygens (including phenoxy) is 6. The molecule has 0 heterocycles. The first-order valence-corrected chi connectivity index (χ1v) is 30.9. The topological polar surface area (TPSA) is 158 Å². The summed E-state index contributed by atoms with van der Waals surface area (Å²) in [4.78, 5) is 82.9. The van der Waals surface area contributed by atoms with Crippen LogP contribution in [0.1, 0.15) is 157 Å². The van der Waals surface area contributed by atoms with Crippen LogP contribution in [0.15, 0.2) is 0 Å². The van der Waals surface area contributed by atoms with Gasteiger partial charge in [-0.1, -0.05) is 41.5 Å². The van der Waals surface area contributed by atoms with E-state index in [9.17, 15) is 28.8 Å². The zero-order valence-corrected chi connectivity index (χ0v) is 45.5. The van der Waals surface area contributed by atoms with Crippen LogP contribution in [0.4, 0.5) is 0 Å². The van der Waals surface area contributed by atoms with Crippen LogP contribution in [0, 0.1) is 0 Å². The zero-order valence-electron chi connectivity index (χ0n) is 40.6. The van der Waals surface area contributed by atoms with E-state index in [1.165, 1.54) is 0 Å². The molecule has 1 aromatic rings. The minimum Gasteiger partial charge on any atom is -0.418 e. The largest absolute Gasteiger partial charge is 0.418 e. The maximum Gasteiger partial charge on any atom is 0.311 e. The minimum atomic E-state index is -0.765. The zero-order chi connectivity index (χ0) is 48.6. The summed E-state index contributed by atoms with van der Waals surface area (Å²) in [6.07, 6.45) is 8.10. The van der Waals surface area contributed by atoms with Crippen LogP contribution in [0.5, 0.6) is 34.5 Å². The molecule has 1 rings (SSSR count). The third kappa shape index (κ3) is 29.9. The van der Waals surface area contributed by atoms with E-state index in [0.29, 0.717) is 73.0 Å². The summed E-state index contributed by atoms with van der Waals surface area (Å²) >= 11 is 10.1. The van der Waals surface area contributed by atoms with E-state index in [2.05, 4.69) is 41.5 Å². The van der Waals surface area contributed by atoms with Crippen LogP contribution in [0.3, 0.4) is 0 Å². The molecular formula is C48H78O12S6. The lowest BCUT2D eigenvalue weighted by Gasteiger charge is -2.23. The third-order valence-corrected chi connectivity index (χ3v) is 16.3. The van der Waals surface area contributed by atoms with E-state index in [4.69, 9.17) is 28.4 Å². The number of hydrogen-bond acceptors (Lipinski definition) is 18. The molecule has 0 aromatic heterocycles.